The van der Waals surface area contributed by atoms with Gasteiger partial charge in [0.15, 0.2) is 6.29 Å². The van der Waals surface area contributed by atoms with Crippen LogP contribution in [0.4, 0.5) is 0 Å². The predicted molar refractivity (Wildman–Crippen MR) is 73.4 cm³/mol. The molecule has 18 heavy (non-hydrogen) atoms. The first-order valence-corrected chi connectivity index (χ1v) is 7.32. The first-order chi connectivity index (χ1) is 8.78. The first kappa shape index (κ1) is 12.6. The Morgan fingerprint density at radius 1 is 1.17 bits per heavy atom. The molecular formula is C14H18BrNO2. The second-order valence-electron chi connectivity index (χ2n) is 4.98. The van der Waals surface area contributed by atoms with Crippen LogP contribution in [-0.4, -0.2) is 26.0 Å². The van der Waals surface area contributed by atoms with E-state index < -0.39 is 0 Å². The molecule has 0 amide bonds. The van der Waals surface area contributed by atoms with Gasteiger partial charge in [-0.2, -0.15) is 0 Å². The average molecular weight is 312 g/mol. The topological polar surface area (TPSA) is 30.5 Å². The minimum Gasteiger partial charge on any atom is -0.350 e. The van der Waals surface area contributed by atoms with Crippen molar-refractivity contribution in [3.05, 3.63) is 34.3 Å². The van der Waals surface area contributed by atoms with Crippen LogP contribution in [0, 0.1) is 0 Å². The van der Waals surface area contributed by atoms with Gasteiger partial charge in [0.2, 0.25) is 0 Å². The third-order valence-electron chi connectivity index (χ3n) is 3.68. The molecule has 1 heterocycles. The van der Waals surface area contributed by atoms with E-state index in [9.17, 15) is 0 Å². The Morgan fingerprint density at radius 2 is 1.83 bits per heavy atom. The van der Waals surface area contributed by atoms with Gasteiger partial charge in [0, 0.05) is 23.0 Å². The van der Waals surface area contributed by atoms with E-state index in [0.717, 1.165) is 30.7 Å². The molecule has 0 unspecified atom stereocenters. The summed E-state index contributed by atoms with van der Waals surface area (Å²) in [6, 6.07) is 8.62. The summed E-state index contributed by atoms with van der Waals surface area (Å²) >= 11 is 3.48. The number of halogens is 1. The molecule has 4 heteroatoms. The van der Waals surface area contributed by atoms with E-state index in [0.29, 0.717) is 0 Å². The van der Waals surface area contributed by atoms with Crippen LogP contribution in [0.2, 0.25) is 0 Å². The quantitative estimate of drug-likeness (QED) is 0.907. The molecule has 0 radical (unpaired) electrons. The van der Waals surface area contributed by atoms with E-state index in [2.05, 4.69) is 45.5 Å². The number of nitrogens with one attached hydrogen (secondary N) is 1. The maximum Gasteiger partial charge on any atom is 0.159 e. The van der Waals surface area contributed by atoms with Crippen LogP contribution >= 0.6 is 15.9 Å². The Bertz CT molecular complexity index is 397. The van der Waals surface area contributed by atoms with E-state index in [1.807, 2.05) is 0 Å². The van der Waals surface area contributed by atoms with E-state index in [1.165, 1.54) is 18.4 Å². The Balaban J connectivity index is 1.53. The fraction of sp³-hybridized carbons (Fsp3) is 0.571. The summed E-state index contributed by atoms with van der Waals surface area (Å²) in [4.78, 5) is 0. The number of ether oxygens (including phenoxy) is 2. The zero-order chi connectivity index (χ0) is 12.4. The summed E-state index contributed by atoms with van der Waals surface area (Å²) in [7, 11) is 0. The fourth-order valence-electron chi connectivity index (χ4n) is 2.46. The first-order valence-electron chi connectivity index (χ1n) is 6.53. The molecule has 1 aromatic carbocycles. The Morgan fingerprint density at radius 3 is 2.44 bits per heavy atom. The van der Waals surface area contributed by atoms with E-state index in [-0.39, 0.29) is 11.8 Å². The predicted octanol–water partition coefficient (Wildman–Crippen LogP) is 2.79. The minimum absolute atomic E-state index is 0.00165. The number of hydrogen-bond donors (Lipinski definition) is 1. The Kier molecular flexibility index (Phi) is 3.71. The zero-order valence-corrected chi connectivity index (χ0v) is 11.9. The zero-order valence-electron chi connectivity index (χ0n) is 10.3. The summed E-state index contributed by atoms with van der Waals surface area (Å²) in [6.45, 7) is 2.42. The van der Waals surface area contributed by atoms with Gasteiger partial charge in [0.1, 0.15) is 0 Å². The van der Waals surface area contributed by atoms with Gasteiger partial charge in [-0.15, -0.1) is 0 Å². The fourth-order valence-corrected chi connectivity index (χ4v) is 2.73. The second-order valence-corrected chi connectivity index (χ2v) is 5.89. The highest BCUT2D eigenvalue weighted by Gasteiger charge is 2.43. The molecule has 1 saturated carbocycles. The minimum atomic E-state index is -0.00165. The molecule has 1 N–H and O–H groups in total. The molecule has 3 nitrogen and oxygen atoms in total. The van der Waals surface area contributed by atoms with Gasteiger partial charge in [-0.25, -0.2) is 0 Å². The largest absolute Gasteiger partial charge is 0.350 e. The van der Waals surface area contributed by atoms with Gasteiger partial charge in [-0.1, -0.05) is 28.1 Å². The van der Waals surface area contributed by atoms with Crippen molar-refractivity contribution in [2.24, 2.45) is 0 Å². The van der Waals surface area contributed by atoms with Crippen molar-refractivity contribution in [3.8, 4) is 0 Å². The lowest BCUT2D eigenvalue weighted by Gasteiger charge is -2.19. The maximum atomic E-state index is 5.44. The highest BCUT2D eigenvalue weighted by molar-refractivity contribution is 9.10. The molecule has 0 bridgehead atoms. The lowest BCUT2D eigenvalue weighted by atomic mass is 10.1. The summed E-state index contributed by atoms with van der Waals surface area (Å²) in [5.74, 6) is 0. The molecule has 2 aliphatic rings. The van der Waals surface area contributed by atoms with Crippen LogP contribution in [0.15, 0.2) is 28.7 Å². The summed E-state index contributed by atoms with van der Waals surface area (Å²) in [6.07, 6.45) is 3.37. The third kappa shape index (κ3) is 2.77. The van der Waals surface area contributed by atoms with Crippen LogP contribution in [0.5, 0.6) is 0 Å². The van der Waals surface area contributed by atoms with Gasteiger partial charge in [-0.05, 0) is 30.5 Å². The van der Waals surface area contributed by atoms with Gasteiger partial charge in [0.25, 0.3) is 0 Å². The van der Waals surface area contributed by atoms with Gasteiger partial charge in [-0.3, -0.25) is 0 Å². The molecule has 1 aliphatic heterocycles. The van der Waals surface area contributed by atoms with Crippen LogP contribution in [0.1, 0.15) is 24.8 Å². The lowest BCUT2D eigenvalue weighted by Crippen LogP contribution is -2.31. The maximum absolute atomic E-state index is 5.44. The molecule has 1 saturated heterocycles. The molecule has 1 aromatic rings. The molecule has 2 fully saturated rings. The Labute approximate surface area is 116 Å². The third-order valence-corrected chi connectivity index (χ3v) is 4.21. The van der Waals surface area contributed by atoms with Crippen LogP contribution in [-0.2, 0) is 15.0 Å². The Hall–Kier alpha value is -0.420. The van der Waals surface area contributed by atoms with Crippen molar-refractivity contribution in [2.75, 3.05) is 19.8 Å². The van der Waals surface area contributed by atoms with Crippen molar-refractivity contribution in [1.29, 1.82) is 0 Å². The summed E-state index contributed by atoms with van der Waals surface area (Å²) < 4.78 is 12.0. The van der Waals surface area contributed by atoms with Crippen molar-refractivity contribution < 1.29 is 9.47 Å². The van der Waals surface area contributed by atoms with Crippen molar-refractivity contribution >= 4 is 15.9 Å². The van der Waals surface area contributed by atoms with E-state index in [1.54, 1.807) is 0 Å². The standard InChI is InChI=1S/C14H18BrNO2/c15-12-3-1-11(2-4-12)14(6-7-14)16-8-5-13-17-9-10-18-13/h1-4,13,16H,5-10H2. The normalized spacial score (nSPS) is 22.3. The molecule has 98 valence electrons. The number of rotatable bonds is 5. The molecule has 3 rings (SSSR count). The van der Waals surface area contributed by atoms with E-state index >= 15 is 0 Å². The van der Waals surface area contributed by atoms with E-state index in [4.69, 9.17) is 9.47 Å². The molecular weight excluding hydrogens is 294 g/mol. The molecule has 0 spiro atoms. The van der Waals surface area contributed by atoms with Crippen LogP contribution in [0.25, 0.3) is 0 Å². The average Bonchev–Trinajstić information content (AvgIpc) is 2.98. The van der Waals surface area contributed by atoms with Crippen molar-refractivity contribution in [1.82, 2.24) is 5.32 Å². The summed E-state index contributed by atoms with van der Waals surface area (Å²) in [5.41, 5.74) is 1.60. The highest BCUT2D eigenvalue weighted by atomic mass is 79.9. The number of benzene rings is 1. The van der Waals surface area contributed by atoms with Gasteiger partial charge < -0.3 is 14.8 Å². The SMILES string of the molecule is Brc1ccc(C2(NCCC3OCCO3)CC2)cc1. The lowest BCUT2D eigenvalue weighted by molar-refractivity contribution is -0.0464. The smallest absolute Gasteiger partial charge is 0.159 e. The molecule has 1 aliphatic carbocycles. The monoisotopic (exact) mass is 311 g/mol. The van der Waals surface area contributed by atoms with Gasteiger partial charge in [0.05, 0.1) is 13.2 Å². The molecule has 0 atom stereocenters. The van der Waals surface area contributed by atoms with Crippen molar-refractivity contribution in [2.45, 2.75) is 31.1 Å². The number of hydrogen-bond acceptors (Lipinski definition) is 3. The highest BCUT2D eigenvalue weighted by Crippen LogP contribution is 2.45. The second kappa shape index (κ2) is 5.29. The van der Waals surface area contributed by atoms with Crippen LogP contribution in [0.3, 0.4) is 0 Å². The summed E-state index contributed by atoms with van der Waals surface area (Å²) in [5, 5.41) is 3.66. The van der Waals surface area contributed by atoms with Crippen LogP contribution < -0.4 is 5.32 Å². The molecule has 0 aromatic heterocycles. The van der Waals surface area contributed by atoms with Crippen molar-refractivity contribution in [3.63, 3.8) is 0 Å². The van der Waals surface area contributed by atoms with Gasteiger partial charge >= 0.3 is 0 Å².